The second-order valence-electron chi connectivity index (χ2n) is 6.75. The summed E-state index contributed by atoms with van der Waals surface area (Å²) in [5.41, 5.74) is 0. The summed E-state index contributed by atoms with van der Waals surface area (Å²) in [6.45, 7) is 3.57. The third-order valence-electron chi connectivity index (χ3n) is 4.80. The van der Waals surface area contributed by atoms with E-state index in [4.69, 9.17) is 4.74 Å². The quantitative estimate of drug-likeness (QED) is 0.370. The summed E-state index contributed by atoms with van der Waals surface area (Å²) in [5, 5.41) is 6.83. The standard InChI is InChI=1S/C15H27N3O3S.HI/c1-2-6-16-15(17-9-11-5-7-22(19,20)10-11)18-13-8-12-3-4-14(13)21-12;/h11-14H,2-10H2,1H3,(H2,16,17,18);1H. The van der Waals surface area contributed by atoms with Crippen LogP contribution in [0.1, 0.15) is 39.0 Å². The molecule has 0 amide bonds. The van der Waals surface area contributed by atoms with Crippen LogP contribution in [0.2, 0.25) is 0 Å². The maximum Gasteiger partial charge on any atom is 0.191 e. The summed E-state index contributed by atoms with van der Waals surface area (Å²) in [4.78, 5) is 4.63. The first-order valence-electron chi connectivity index (χ1n) is 8.46. The maximum absolute atomic E-state index is 11.5. The molecule has 0 aromatic carbocycles. The molecule has 6 nitrogen and oxygen atoms in total. The molecule has 0 radical (unpaired) electrons. The van der Waals surface area contributed by atoms with Crippen LogP contribution in [0.15, 0.2) is 4.99 Å². The molecule has 0 aliphatic carbocycles. The van der Waals surface area contributed by atoms with E-state index in [1.165, 1.54) is 6.42 Å². The van der Waals surface area contributed by atoms with Crippen molar-refractivity contribution in [2.24, 2.45) is 10.9 Å². The molecule has 2 N–H and O–H groups in total. The highest BCUT2D eigenvalue weighted by Crippen LogP contribution is 2.34. The Kier molecular flexibility index (Phi) is 6.97. The van der Waals surface area contributed by atoms with Gasteiger partial charge in [0, 0.05) is 13.1 Å². The molecule has 4 atom stereocenters. The van der Waals surface area contributed by atoms with Gasteiger partial charge < -0.3 is 15.4 Å². The Morgan fingerprint density at radius 1 is 1.30 bits per heavy atom. The number of ether oxygens (including phenoxy) is 1. The van der Waals surface area contributed by atoms with Crippen molar-refractivity contribution in [2.45, 2.75) is 57.3 Å². The number of aliphatic imine (C=N–C) groups is 1. The Bertz CT molecular complexity index is 526. The first kappa shape index (κ1) is 19.2. The summed E-state index contributed by atoms with van der Waals surface area (Å²) in [7, 11) is -2.82. The second kappa shape index (κ2) is 8.33. The molecule has 8 heteroatoms. The number of halogens is 1. The molecular weight excluding hydrogens is 429 g/mol. The molecule has 3 heterocycles. The Balaban J connectivity index is 0.00000192. The zero-order valence-electron chi connectivity index (χ0n) is 13.7. The van der Waals surface area contributed by atoms with E-state index in [2.05, 4.69) is 22.5 Å². The average molecular weight is 457 g/mol. The SMILES string of the molecule is CCCNC(=NCC1CCS(=O)(=O)C1)NC1CC2CCC1O2.I. The summed E-state index contributed by atoms with van der Waals surface area (Å²) < 4.78 is 28.9. The van der Waals surface area contributed by atoms with Crippen molar-refractivity contribution in [2.75, 3.05) is 24.6 Å². The van der Waals surface area contributed by atoms with Gasteiger partial charge >= 0.3 is 0 Å². The van der Waals surface area contributed by atoms with E-state index in [0.717, 1.165) is 38.2 Å². The summed E-state index contributed by atoms with van der Waals surface area (Å²) in [5.74, 6) is 1.58. The summed E-state index contributed by atoms with van der Waals surface area (Å²) in [6, 6.07) is 0.342. The highest BCUT2D eigenvalue weighted by molar-refractivity contribution is 14.0. The van der Waals surface area contributed by atoms with Gasteiger partial charge in [-0.2, -0.15) is 0 Å². The first-order valence-corrected chi connectivity index (χ1v) is 10.3. The van der Waals surface area contributed by atoms with Gasteiger partial charge in [-0.05, 0) is 38.0 Å². The number of fused-ring (bicyclic) bond motifs is 2. The molecule has 0 saturated carbocycles. The molecule has 134 valence electrons. The van der Waals surface area contributed by atoms with E-state index in [1.54, 1.807) is 0 Å². The fourth-order valence-electron chi connectivity index (χ4n) is 3.60. The van der Waals surface area contributed by atoms with Crippen molar-refractivity contribution in [1.29, 1.82) is 0 Å². The molecule has 3 fully saturated rings. The minimum absolute atomic E-state index is 0. The van der Waals surface area contributed by atoms with Gasteiger partial charge in [0.25, 0.3) is 0 Å². The largest absolute Gasteiger partial charge is 0.373 e. The van der Waals surface area contributed by atoms with Gasteiger partial charge in [-0.25, -0.2) is 8.42 Å². The molecule has 0 spiro atoms. The van der Waals surface area contributed by atoms with Crippen LogP contribution in [0.3, 0.4) is 0 Å². The number of guanidine groups is 1. The van der Waals surface area contributed by atoms with Gasteiger partial charge in [-0.1, -0.05) is 6.92 Å². The lowest BCUT2D eigenvalue weighted by Gasteiger charge is -2.23. The zero-order chi connectivity index (χ0) is 15.6. The van der Waals surface area contributed by atoms with Crippen molar-refractivity contribution in [3.8, 4) is 0 Å². The van der Waals surface area contributed by atoms with Gasteiger partial charge in [0.1, 0.15) is 0 Å². The van der Waals surface area contributed by atoms with Crippen LogP contribution < -0.4 is 10.6 Å². The number of nitrogens with zero attached hydrogens (tertiary/aromatic N) is 1. The van der Waals surface area contributed by atoms with Crippen LogP contribution in [0.25, 0.3) is 0 Å². The van der Waals surface area contributed by atoms with Crippen molar-refractivity contribution >= 4 is 39.8 Å². The van der Waals surface area contributed by atoms with Crippen LogP contribution in [0.5, 0.6) is 0 Å². The normalized spacial score (nSPS) is 35.1. The molecule has 3 aliphatic heterocycles. The van der Waals surface area contributed by atoms with Gasteiger partial charge in [-0.3, -0.25) is 4.99 Å². The van der Waals surface area contributed by atoms with Crippen LogP contribution in [0, 0.1) is 5.92 Å². The van der Waals surface area contributed by atoms with E-state index in [-0.39, 0.29) is 35.6 Å². The molecule has 4 unspecified atom stereocenters. The molecule has 0 aromatic heterocycles. The maximum atomic E-state index is 11.5. The van der Waals surface area contributed by atoms with Crippen LogP contribution >= 0.6 is 24.0 Å². The smallest absolute Gasteiger partial charge is 0.191 e. The van der Waals surface area contributed by atoms with Crippen LogP contribution in [0.4, 0.5) is 0 Å². The first-order chi connectivity index (χ1) is 10.6. The van der Waals surface area contributed by atoms with Crippen molar-refractivity contribution in [3.05, 3.63) is 0 Å². The van der Waals surface area contributed by atoms with E-state index in [1.807, 2.05) is 0 Å². The van der Waals surface area contributed by atoms with E-state index < -0.39 is 9.84 Å². The molecule has 3 saturated heterocycles. The highest BCUT2D eigenvalue weighted by Gasteiger charge is 2.41. The molecule has 3 rings (SSSR count). The van der Waals surface area contributed by atoms with Gasteiger partial charge in [0.15, 0.2) is 15.8 Å². The minimum atomic E-state index is -2.82. The van der Waals surface area contributed by atoms with Crippen molar-refractivity contribution < 1.29 is 13.2 Å². The zero-order valence-corrected chi connectivity index (χ0v) is 16.8. The fourth-order valence-corrected chi connectivity index (χ4v) is 5.45. The van der Waals surface area contributed by atoms with Crippen molar-refractivity contribution in [3.63, 3.8) is 0 Å². The average Bonchev–Trinajstić information content (AvgIpc) is 3.17. The third kappa shape index (κ3) is 5.19. The Morgan fingerprint density at radius 3 is 2.70 bits per heavy atom. The lowest BCUT2D eigenvalue weighted by molar-refractivity contribution is 0.0992. The van der Waals surface area contributed by atoms with Crippen molar-refractivity contribution in [1.82, 2.24) is 10.6 Å². The predicted octanol–water partition coefficient (Wildman–Crippen LogP) is 1.30. The van der Waals surface area contributed by atoms with E-state index in [9.17, 15) is 8.42 Å². The summed E-state index contributed by atoms with van der Waals surface area (Å²) >= 11 is 0. The lowest BCUT2D eigenvalue weighted by Crippen LogP contribution is -2.47. The molecule has 3 aliphatic rings. The topological polar surface area (TPSA) is 79.8 Å². The number of hydrogen-bond acceptors (Lipinski definition) is 4. The number of rotatable bonds is 5. The lowest BCUT2D eigenvalue weighted by atomic mass is 9.96. The minimum Gasteiger partial charge on any atom is -0.373 e. The monoisotopic (exact) mass is 457 g/mol. The molecule has 23 heavy (non-hydrogen) atoms. The van der Waals surface area contributed by atoms with Crippen LogP contribution in [-0.4, -0.2) is 57.2 Å². The second-order valence-corrected chi connectivity index (χ2v) is 8.97. The molecular formula is C15H28IN3O3S. The van der Waals surface area contributed by atoms with Crippen LogP contribution in [-0.2, 0) is 14.6 Å². The molecule has 2 bridgehead atoms. The number of sulfone groups is 1. The number of hydrogen-bond donors (Lipinski definition) is 2. The van der Waals surface area contributed by atoms with E-state index in [0.29, 0.717) is 30.5 Å². The Morgan fingerprint density at radius 2 is 2.13 bits per heavy atom. The highest BCUT2D eigenvalue weighted by atomic mass is 127. The third-order valence-corrected chi connectivity index (χ3v) is 6.64. The van der Waals surface area contributed by atoms with Gasteiger partial charge in [-0.15, -0.1) is 24.0 Å². The summed E-state index contributed by atoms with van der Waals surface area (Å²) in [6.07, 6.45) is 5.85. The van der Waals surface area contributed by atoms with Gasteiger partial charge in [0.05, 0.1) is 29.8 Å². The molecule has 0 aromatic rings. The fraction of sp³-hybridized carbons (Fsp3) is 0.933. The van der Waals surface area contributed by atoms with E-state index >= 15 is 0 Å². The Labute approximate surface area is 156 Å². The Hall–Kier alpha value is -0.0900. The predicted molar refractivity (Wildman–Crippen MR) is 102 cm³/mol. The number of nitrogens with one attached hydrogen (secondary N) is 2. The van der Waals surface area contributed by atoms with Gasteiger partial charge in [0.2, 0.25) is 0 Å².